The summed E-state index contributed by atoms with van der Waals surface area (Å²) in [5.41, 5.74) is -0.0147. The Labute approximate surface area is 110 Å². The molecule has 18 heavy (non-hydrogen) atoms. The van der Waals surface area contributed by atoms with Gasteiger partial charge in [0.05, 0.1) is 6.54 Å². The topological polar surface area (TPSA) is 119 Å². The first-order valence-corrected chi connectivity index (χ1v) is 5.30. The lowest BCUT2D eigenvalue weighted by atomic mass is 10.1. The Kier molecular flexibility index (Phi) is 13.0. The maximum atomic E-state index is 11.3. The van der Waals surface area contributed by atoms with Crippen LogP contribution in [0.25, 0.3) is 0 Å². The van der Waals surface area contributed by atoms with Crippen LogP contribution in [0.3, 0.4) is 0 Å². The van der Waals surface area contributed by atoms with E-state index >= 15 is 0 Å². The highest BCUT2D eigenvalue weighted by Crippen LogP contribution is 2.13. The maximum Gasteiger partial charge on any atom is 0.237 e. The number of aldehydes is 1. The third-order valence-corrected chi connectivity index (χ3v) is 2.10. The molecule has 1 rings (SSSR count). The summed E-state index contributed by atoms with van der Waals surface area (Å²) in [6.45, 7) is 10.1. The fraction of sp³-hybridized carbons (Fsp3) is 0.667. The summed E-state index contributed by atoms with van der Waals surface area (Å²) < 4.78 is 0. The maximum absolute atomic E-state index is 11.3. The molecule has 7 N–H and O–H groups in total. The van der Waals surface area contributed by atoms with Crippen LogP contribution in [0.2, 0.25) is 0 Å². The Morgan fingerprint density at radius 1 is 1.33 bits per heavy atom. The smallest absolute Gasteiger partial charge is 0.237 e. The zero-order valence-electron chi connectivity index (χ0n) is 11.9. The van der Waals surface area contributed by atoms with Crippen LogP contribution < -0.4 is 17.6 Å². The van der Waals surface area contributed by atoms with Gasteiger partial charge in [-0.15, -0.1) is 0 Å². The first-order valence-electron chi connectivity index (χ1n) is 5.30. The molecule has 106 valence electrons. The van der Waals surface area contributed by atoms with Crippen molar-refractivity contribution in [1.82, 2.24) is 22.5 Å². The molecule has 0 bridgehead atoms. The largest absolute Gasteiger partial charge is 0.344 e. The first kappa shape index (κ1) is 21.8. The van der Waals surface area contributed by atoms with E-state index in [1.54, 1.807) is 6.92 Å². The molecule has 1 heterocycles. The molecule has 0 spiro atoms. The fourth-order valence-corrected chi connectivity index (χ4v) is 1.37. The van der Waals surface area contributed by atoms with Crippen LogP contribution in [-0.4, -0.2) is 42.3 Å². The number of nitrogens with one attached hydrogen (secondary N) is 1. The van der Waals surface area contributed by atoms with Gasteiger partial charge in [-0.05, 0) is 33.6 Å². The van der Waals surface area contributed by atoms with E-state index in [1.807, 2.05) is 4.90 Å². The minimum Gasteiger partial charge on any atom is -0.344 e. The van der Waals surface area contributed by atoms with Gasteiger partial charge in [-0.3, -0.25) is 9.59 Å². The second kappa shape index (κ2) is 10.7. The van der Waals surface area contributed by atoms with Gasteiger partial charge in [0.1, 0.15) is 0 Å². The standard InChI is InChI=1S/C8H16N2O.C4H4O.2H3N/c1-8(2,3)10-5-4-9-6-7(10)11;1-2-3-4-5;;/h9H,4-6H2,1-3H3;4H,1H3;2*1H3. The van der Waals surface area contributed by atoms with Crippen LogP contribution in [0, 0.1) is 11.8 Å². The Hall–Kier alpha value is -1.42. The summed E-state index contributed by atoms with van der Waals surface area (Å²) in [7, 11) is 0. The molecule has 6 nitrogen and oxygen atoms in total. The lowest BCUT2D eigenvalue weighted by molar-refractivity contribution is -0.136. The Morgan fingerprint density at radius 2 is 1.89 bits per heavy atom. The molecule has 1 amide bonds. The molecule has 0 unspecified atom stereocenters. The zero-order chi connectivity index (χ0) is 12.6. The molecule has 0 atom stereocenters. The van der Waals surface area contributed by atoms with E-state index in [1.165, 1.54) is 0 Å². The number of nitrogens with zero attached hydrogens (tertiary/aromatic N) is 1. The molecular weight excluding hydrogens is 232 g/mol. The highest BCUT2D eigenvalue weighted by atomic mass is 16.2. The minimum atomic E-state index is -0.0147. The number of carbonyl (C=O) groups excluding carboxylic acids is 2. The monoisotopic (exact) mass is 258 g/mol. The molecule has 1 fully saturated rings. The number of carbonyl (C=O) groups is 2. The summed E-state index contributed by atoms with van der Waals surface area (Å²) in [6.07, 6.45) is 0.569. The molecule has 0 saturated carbocycles. The third kappa shape index (κ3) is 8.70. The van der Waals surface area contributed by atoms with Crippen LogP contribution in [0.4, 0.5) is 0 Å². The van der Waals surface area contributed by atoms with E-state index in [0.29, 0.717) is 12.8 Å². The van der Waals surface area contributed by atoms with E-state index in [9.17, 15) is 9.59 Å². The van der Waals surface area contributed by atoms with E-state index in [0.717, 1.165) is 13.1 Å². The quantitative estimate of drug-likeness (QED) is 0.437. The Morgan fingerprint density at radius 3 is 2.11 bits per heavy atom. The van der Waals surface area contributed by atoms with Crippen LogP contribution in [-0.2, 0) is 9.59 Å². The lowest BCUT2D eigenvalue weighted by Gasteiger charge is -2.38. The summed E-state index contributed by atoms with van der Waals surface area (Å²) in [4.78, 5) is 22.5. The Balaban J connectivity index is -0.000000282. The SMILES string of the molecule is CC#CC=O.CC(C)(C)N1CCNCC1=O.N.N. The predicted molar refractivity (Wildman–Crippen MR) is 73.9 cm³/mol. The summed E-state index contributed by atoms with van der Waals surface area (Å²) >= 11 is 0. The Bertz CT molecular complexity index is 299. The number of piperazine rings is 1. The highest BCUT2D eigenvalue weighted by Gasteiger charge is 2.27. The number of amides is 1. The molecule has 1 aliphatic heterocycles. The fourth-order valence-electron chi connectivity index (χ4n) is 1.37. The van der Waals surface area contributed by atoms with Crippen molar-refractivity contribution in [3.8, 4) is 11.8 Å². The zero-order valence-corrected chi connectivity index (χ0v) is 11.9. The molecule has 6 heteroatoms. The van der Waals surface area contributed by atoms with Crippen LogP contribution in [0.1, 0.15) is 27.7 Å². The molecule has 1 aliphatic rings. The van der Waals surface area contributed by atoms with Gasteiger partial charge in [0.2, 0.25) is 5.91 Å². The van der Waals surface area contributed by atoms with Gasteiger partial charge in [0.15, 0.2) is 6.29 Å². The second-order valence-corrected chi connectivity index (χ2v) is 4.41. The van der Waals surface area contributed by atoms with E-state index in [2.05, 4.69) is 37.9 Å². The molecule has 0 aromatic rings. The summed E-state index contributed by atoms with van der Waals surface area (Å²) in [5.74, 6) is 4.79. The van der Waals surface area contributed by atoms with Crippen LogP contribution in [0.15, 0.2) is 0 Å². The second-order valence-electron chi connectivity index (χ2n) is 4.41. The van der Waals surface area contributed by atoms with E-state index < -0.39 is 0 Å². The molecule has 0 aromatic heterocycles. The van der Waals surface area contributed by atoms with Gasteiger partial charge >= 0.3 is 0 Å². The van der Waals surface area contributed by atoms with Gasteiger partial charge in [-0.2, -0.15) is 0 Å². The number of hydrogen-bond donors (Lipinski definition) is 3. The molecule has 0 aromatic carbocycles. The van der Waals surface area contributed by atoms with E-state index in [-0.39, 0.29) is 23.7 Å². The molecule has 0 aliphatic carbocycles. The van der Waals surface area contributed by atoms with Gasteiger partial charge in [0, 0.05) is 18.6 Å². The van der Waals surface area contributed by atoms with Crippen molar-refractivity contribution < 1.29 is 9.59 Å². The van der Waals surface area contributed by atoms with E-state index in [4.69, 9.17) is 0 Å². The van der Waals surface area contributed by atoms with Gasteiger partial charge in [-0.1, -0.05) is 5.92 Å². The molecule has 1 saturated heterocycles. The third-order valence-electron chi connectivity index (χ3n) is 2.10. The van der Waals surface area contributed by atoms with Crippen molar-refractivity contribution in [3.63, 3.8) is 0 Å². The van der Waals surface area contributed by atoms with Crippen molar-refractivity contribution in [3.05, 3.63) is 0 Å². The summed E-state index contributed by atoms with van der Waals surface area (Å²) in [6, 6.07) is 0. The van der Waals surface area contributed by atoms with Gasteiger partial charge in [0.25, 0.3) is 0 Å². The molecular formula is C12H26N4O2. The van der Waals surface area contributed by atoms with Crippen molar-refractivity contribution in [2.45, 2.75) is 33.2 Å². The number of hydrogen-bond acceptors (Lipinski definition) is 5. The molecule has 0 radical (unpaired) electrons. The van der Waals surface area contributed by atoms with Crippen molar-refractivity contribution in [2.24, 2.45) is 0 Å². The average Bonchev–Trinajstić information content (AvgIpc) is 2.19. The lowest BCUT2D eigenvalue weighted by Crippen LogP contribution is -2.55. The first-order chi connectivity index (χ1) is 7.43. The highest BCUT2D eigenvalue weighted by molar-refractivity contribution is 5.79. The number of rotatable bonds is 0. The average molecular weight is 258 g/mol. The van der Waals surface area contributed by atoms with Crippen LogP contribution >= 0.6 is 0 Å². The van der Waals surface area contributed by atoms with Gasteiger partial charge in [-0.25, -0.2) is 0 Å². The van der Waals surface area contributed by atoms with Crippen LogP contribution in [0.5, 0.6) is 0 Å². The summed E-state index contributed by atoms with van der Waals surface area (Å²) in [5, 5.41) is 3.05. The van der Waals surface area contributed by atoms with Crippen molar-refractivity contribution in [2.75, 3.05) is 19.6 Å². The van der Waals surface area contributed by atoms with Gasteiger partial charge < -0.3 is 22.5 Å². The van der Waals surface area contributed by atoms with Crippen molar-refractivity contribution in [1.29, 1.82) is 0 Å². The normalized spacial score (nSPS) is 13.8. The minimum absolute atomic E-state index is 0. The predicted octanol–water partition coefficient (Wildman–Crippen LogP) is 0.749. The van der Waals surface area contributed by atoms with Crippen molar-refractivity contribution >= 4 is 12.2 Å².